The largest absolute Gasteiger partial charge is 0.466 e. The summed E-state index contributed by atoms with van der Waals surface area (Å²) in [4.78, 5) is 24.0. The average Bonchev–Trinajstić information content (AvgIpc) is 2.29. The highest BCUT2D eigenvalue weighted by molar-refractivity contribution is 5.77. The van der Waals surface area contributed by atoms with Gasteiger partial charge in [-0.2, -0.15) is 0 Å². The van der Waals surface area contributed by atoms with Crippen molar-refractivity contribution >= 4 is 12.1 Å². The van der Waals surface area contributed by atoms with Gasteiger partial charge in [0, 0.05) is 13.1 Å². The number of hydrogen-bond acceptors (Lipinski definition) is 3. The molecule has 0 unspecified atom stereocenters. The maximum Gasteiger partial charge on any atom is 0.407 e. The zero-order valence-corrected chi connectivity index (χ0v) is 9.86. The molecule has 0 aromatic rings. The molecule has 1 heterocycles. The van der Waals surface area contributed by atoms with Crippen LogP contribution in [0.5, 0.6) is 0 Å². The van der Waals surface area contributed by atoms with E-state index in [1.165, 1.54) is 4.90 Å². The van der Waals surface area contributed by atoms with Gasteiger partial charge >= 0.3 is 12.1 Å². The zero-order valence-electron chi connectivity index (χ0n) is 9.86. The molecule has 0 bridgehead atoms. The van der Waals surface area contributed by atoms with Crippen LogP contribution >= 0.6 is 0 Å². The van der Waals surface area contributed by atoms with E-state index in [4.69, 9.17) is 9.84 Å². The third kappa shape index (κ3) is 2.46. The summed E-state index contributed by atoms with van der Waals surface area (Å²) in [5, 5.41) is 8.83. The molecule has 0 aliphatic carbocycles. The van der Waals surface area contributed by atoms with Gasteiger partial charge in [-0.25, -0.2) is 4.79 Å². The highest BCUT2D eigenvalue weighted by Gasteiger charge is 2.41. The summed E-state index contributed by atoms with van der Waals surface area (Å²) < 4.78 is 5.07. The Balaban J connectivity index is 2.64. The molecule has 0 saturated carbocycles. The van der Waals surface area contributed by atoms with Crippen LogP contribution in [0.2, 0.25) is 0 Å². The Morgan fingerprint density at radius 2 is 1.88 bits per heavy atom. The number of carbonyl (C=O) groups is 2. The molecule has 1 N–H and O–H groups in total. The van der Waals surface area contributed by atoms with Gasteiger partial charge in [-0.15, -0.1) is 0 Å². The summed E-state index contributed by atoms with van der Waals surface area (Å²) in [7, 11) is 0. The van der Waals surface area contributed by atoms with Gasteiger partial charge in [0.1, 0.15) is 0 Å². The summed E-state index contributed by atoms with van der Waals surface area (Å²) in [6, 6.07) is 0. The van der Waals surface area contributed by atoms with E-state index in [1.54, 1.807) is 6.92 Å². The van der Waals surface area contributed by atoms with Crippen molar-refractivity contribution in [1.82, 2.24) is 4.90 Å². The summed E-state index contributed by atoms with van der Waals surface area (Å²) in [6.07, 6.45) is 0.927. The van der Waals surface area contributed by atoms with E-state index < -0.39 is 11.5 Å². The lowest BCUT2D eigenvalue weighted by Crippen LogP contribution is -2.46. The van der Waals surface area contributed by atoms with Gasteiger partial charge in [0.2, 0.25) is 0 Å². The molecule has 1 rings (SSSR count). The first-order valence-corrected chi connectivity index (χ1v) is 5.71. The Morgan fingerprint density at radius 1 is 1.31 bits per heavy atom. The third-order valence-electron chi connectivity index (χ3n) is 3.38. The molecule has 1 aliphatic heterocycles. The normalized spacial score (nSPS) is 19.2. The SMILES string of the molecule is CCOC(=O)C1(CC)CCN(C(=O)O)CC1. The van der Waals surface area contributed by atoms with E-state index in [1.807, 2.05) is 6.92 Å². The minimum absolute atomic E-state index is 0.178. The van der Waals surface area contributed by atoms with Gasteiger partial charge in [-0.05, 0) is 26.2 Å². The molecular formula is C11H19NO4. The fourth-order valence-electron chi connectivity index (χ4n) is 2.11. The Bertz CT molecular complexity index is 269. The van der Waals surface area contributed by atoms with Crippen molar-refractivity contribution in [2.75, 3.05) is 19.7 Å². The second-order valence-electron chi connectivity index (χ2n) is 4.12. The van der Waals surface area contributed by atoms with Gasteiger partial charge < -0.3 is 14.7 Å². The Labute approximate surface area is 95.4 Å². The minimum Gasteiger partial charge on any atom is -0.466 e. The van der Waals surface area contributed by atoms with E-state index in [-0.39, 0.29) is 5.97 Å². The van der Waals surface area contributed by atoms with Gasteiger partial charge in [0.25, 0.3) is 0 Å². The van der Waals surface area contributed by atoms with Crippen LogP contribution in [0.1, 0.15) is 33.1 Å². The van der Waals surface area contributed by atoms with Gasteiger partial charge in [0.15, 0.2) is 0 Å². The number of ether oxygens (including phenoxy) is 1. The van der Waals surface area contributed by atoms with E-state index in [2.05, 4.69) is 0 Å². The first-order chi connectivity index (χ1) is 7.55. The highest BCUT2D eigenvalue weighted by Crippen LogP contribution is 2.36. The maximum absolute atomic E-state index is 11.8. The number of likely N-dealkylation sites (tertiary alicyclic amines) is 1. The number of hydrogen-bond donors (Lipinski definition) is 1. The second-order valence-corrected chi connectivity index (χ2v) is 4.12. The van der Waals surface area contributed by atoms with E-state index >= 15 is 0 Å². The zero-order chi connectivity index (χ0) is 12.2. The number of carboxylic acid groups (broad SMARTS) is 1. The van der Waals surface area contributed by atoms with Crippen LogP contribution in [0.3, 0.4) is 0 Å². The van der Waals surface area contributed by atoms with Crippen LogP contribution in [-0.4, -0.2) is 41.8 Å². The molecule has 92 valence electrons. The summed E-state index contributed by atoms with van der Waals surface area (Å²) in [5.41, 5.74) is -0.470. The Hall–Kier alpha value is -1.26. The number of piperidine rings is 1. The first kappa shape index (κ1) is 12.8. The molecule has 5 heteroatoms. The fraction of sp³-hybridized carbons (Fsp3) is 0.818. The second kappa shape index (κ2) is 5.18. The summed E-state index contributed by atoms with van der Waals surface area (Å²) >= 11 is 0. The van der Waals surface area contributed by atoms with Crippen molar-refractivity contribution < 1.29 is 19.4 Å². The maximum atomic E-state index is 11.8. The third-order valence-corrected chi connectivity index (χ3v) is 3.38. The van der Waals surface area contributed by atoms with Crippen LogP contribution in [0.25, 0.3) is 0 Å². The van der Waals surface area contributed by atoms with E-state index in [0.717, 1.165) is 0 Å². The van der Waals surface area contributed by atoms with Crippen molar-refractivity contribution in [2.45, 2.75) is 33.1 Å². The highest BCUT2D eigenvalue weighted by atomic mass is 16.5. The summed E-state index contributed by atoms with van der Waals surface area (Å²) in [5.74, 6) is -0.178. The molecule has 1 aliphatic rings. The number of rotatable bonds is 3. The fourth-order valence-corrected chi connectivity index (χ4v) is 2.11. The molecule has 1 fully saturated rings. The quantitative estimate of drug-likeness (QED) is 0.748. The standard InChI is InChI=1S/C11H19NO4/c1-3-11(9(13)16-4-2)5-7-12(8-6-11)10(14)15/h3-8H2,1-2H3,(H,14,15). The van der Waals surface area contributed by atoms with Crippen molar-refractivity contribution in [2.24, 2.45) is 5.41 Å². The summed E-state index contributed by atoms with van der Waals surface area (Å²) in [6.45, 7) is 4.95. The topological polar surface area (TPSA) is 66.8 Å². The van der Waals surface area contributed by atoms with Gasteiger partial charge in [-0.3, -0.25) is 4.79 Å². The van der Waals surface area contributed by atoms with Gasteiger partial charge in [0.05, 0.1) is 12.0 Å². The van der Waals surface area contributed by atoms with Crippen LogP contribution in [0.4, 0.5) is 4.79 Å². The average molecular weight is 229 g/mol. The Morgan fingerprint density at radius 3 is 2.25 bits per heavy atom. The van der Waals surface area contributed by atoms with Crippen LogP contribution in [0.15, 0.2) is 0 Å². The lowest BCUT2D eigenvalue weighted by molar-refractivity contribution is -0.158. The number of carbonyl (C=O) groups excluding carboxylic acids is 1. The molecule has 1 amide bonds. The van der Waals surface area contributed by atoms with Crippen LogP contribution in [-0.2, 0) is 9.53 Å². The molecule has 0 radical (unpaired) electrons. The van der Waals surface area contributed by atoms with Crippen molar-refractivity contribution in [3.05, 3.63) is 0 Å². The monoisotopic (exact) mass is 229 g/mol. The molecule has 1 saturated heterocycles. The minimum atomic E-state index is -0.909. The number of nitrogens with zero attached hydrogens (tertiary/aromatic N) is 1. The number of amides is 1. The molecule has 16 heavy (non-hydrogen) atoms. The van der Waals surface area contributed by atoms with E-state index in [9.17, 15) is 9.59 Å². The lowest BCUT2D eigenvalue weighted by atomic mass is 9.76. The number of esters is 1. The van der Waals surface area contributed by atoms with Crippen LogP contribution < -0.4 is 0 Å². The van der Waals surface area contributed by atoms with Crippen molar-refractivity contribution in [3.63, 3.8) is 0 Å². The molecule has 0 spiro atoms. The predicted molar refractivity (Wildman–Crippen MR) is 58.2 cm³/mol. The molecular weight excluding hydrogens is 210 g/mol. The van der Waals surface area contributed by atoms with Crippen molar-refractivity contribution in [3.8, 4) is 0 Å². The van der Waals surface area contributed by atoms with Gasteiger partial charge in [-0.1, -0.05) is 6.92 Å². The van der Waals surface area contributed by atoms with Crippen molar-refractivity contribution in [1.29, 1.82) is 0 Å². The lowest BCUT2D eigenvalue weighted by Gasteiger charge is -2.38. The van der Waals surface area contributed by atoms with E-state index in [0.29, 0.717) is 39.0 Å². The first-order valence-electron chi connectivity index (χ1n) is 5.71. The Kier molecular flexibility index (Phi) is 4.15. The van der Waals surface area contributed by atoms with Crippen LogP contribution in [0, 0.1) is 5.41 Å². The molecule has 0 aromatic carbocycles. The molecule has 0 atom stereocenters. The predicted octanol–water partition coefficient (Wildman–Crippen LogP) is 1.72. The molecule has 0 aromatic heterocycles. The molecule has 5 nitrogen and oxygen atoms in total. The smallest absolute Gasteiger partial charge is 0.407 e.